The molecule has 126 valence electrons. The molecule has 4 fully saturated rings. The van der Waals surface area contributed by atoms with Crippen LogP contribution in [-0.2, 0) is 0 Å². The third-order valence-electron chi connectivity index (χ3n) is 5.66. The molecule has 0 aliphatic carbocycles. The van der Waals surface area contributed by atoms with Crippen LogP contribution < -0.4 is 9.80 Å². The highest BCUT2D eigenvalue weighted by Crippen LogP contribution is 2.26. The van der Waals surface area contributed by atoms with Crippen LogP contribution in [-0.4, -0.2) is 56.1 Å². The minimum Gasteiger partial charge on any atom is -0.329 e. The Hall–Kier alpha value is -2.12. The summed E-state index contributed by atoms with van der Waals surface area (Å²) in [5, 5.41) is 19.6. The van der Waals surface area contributed by atoms with Gasteiger partial charge in [0.1, 0.15) is 18.5 Å². The average molecular weight is 329 g/mol. The maximum Gasteiger partial charge on any atom is 0.269 e. The number of nitro benzene ring substituents is 1. The lowest BCUT2D eigenvalue weighted by atomic mass is 9.72. The predicted octanol–water partition coefficient (Wildman–Crippen LogP) is -1.20. The summed E-state index contributed by atoms with van der Waals surface area (Å²) in [6.07, 6.45) is 1.69. The fourth-order valence-corrected chi connectivity index (χ4v) is 4.72. The number of piperidine rings is 2. The standard InChI is InChI=1S/C17H21N5O2/c1-17-11-20-6-7-21(12-17)10-14(9-20)16(17)19-18-8-13-2-4-15(5-3-13)22(23)24/h2-5,8,14H,6-7,9-12H2,1H3/p+2/b18-8-,19-16-. The summed E-state index contributed by atoms with van der Waals surface area (Å²) in [4.78, 5) is 13.7. The van der Waals surface area contributed by atoms with Gasteiger partial charge in [-0.25, -0.2) is 0 Å². The monoisotopic (exact) mass is 329 g/mol. The Kier molecular flexibility index (Phi) is 3.69. The molecule has 4 saturated heterocycles. The normalized spacial score (nSPS) is 36.4. The van der Waals surface area contributed by atoms with E-state index < -0.39 is 4.92 Å². The first kappa shape index (κ1) is 15.4. The molecule has 0 spiro atoms. The molecule has 0 aromatic heterocycles. The molecular formula is C17H23N5O2+2. The molecule has 7 nitrogen and oxygen atoms in total. The molecule has 2 unspecified atom stereocenters. The van der Waals surface area contributed by atoms with Crippen molar-refractivity contribution in [2.45, 2.75) is 6.92 Å². The van der Waals surface area contributed by atoms with Crippen LogP contribution in [0.15, 0.2) is 34.5 Å². The lowest BCUT2D eigenvalue weighted by Gasteiger charge is -2.43. The number of nitrogens with one attached hydrogen (secondary N) is 2. The Morgan fingerprint density at radius 1 is 1.21 bits per heavy atom. The summed E-state index contributed by atoms with van der Waals surface area (Å²) in [6.45, 7) is 9.60. The van der Waals surface area contributed by atoms with Crippen LogP contribution in [0.3, 0.4) is 0 Å². The number of fused-ring (bicyclic) bond motifs is 1. The molecule has 1 aromatic carbocycles. The minimum atomic E-state index is -0.394. The second kappa shape index (κ2) is 5.75. The van der Waals surface area contributed by atoms with E-state index in [0.29, 0.717) is 5.92 Å². The third-order valence-corrected chi connectivity index (χ3v) is 5.66. The lowest BCUT2D eigenvalue weighted by Crippen LogP contribution is -3.16. The number of hydrogen-bond donors (Lipinski definition) is 2. The highest BCUT2D eigenvalue weighted by atomic mass is 16.6. The van der Waals surface area contributed by atoms with Crippen LogP contribution in [0.1, 0.15) is 12.5 Å². The second-order valence-electron chi connectivity index (χ2n) is 7.60. The third kappa shape index (κ3) is 2.74. The largest absolute Gasteiger partial charge is 0.329 e. The van der Waals surface area contributed by atoms with Crippen molar-refractivity contribution in [3.05, 3.63) is 39.9 Å². The molecule has 4 heterocycles. The van der Waals surface area contributed by atoms with Gasteiger partial charge in [0.2, 0.25) is 0 Å². The minimum absolute atomic E-state index is 0.0947. The Labute approximate surface area is 140 Å². The van der Waals surface area contributed by atoms with Gasteiger partial charge in [-0.15, -0.1) is 0 Å². The zero-order chi connectivity index (χ0) is 16.7. The molecule has 0 amide bonds. The molecule has 4 aliphatic heterocycles. The van der Waals surface area contributed by atoms with E-state index >= 15 is 0 Å². The van der Waals surface area contributed by atoms with E-state index in [0.717, 1.165) is 5.56 Å². The van der Waals surface area contributed by atoms with Crippen LogP contribution in [0.5, 0.6) is 0 Å². The molecule has 1 aromatic rings. The summed E-state index contributed by atoms with van der Waals surface area (Å²) in [5.74, 6) is 0.541. The van der Waals surface area contributed by atoms with Crippen molar-refractivity contribution in [2.24, 2.45) is 21.5 Å². The van der Waals surface area contributed by atoms with Crippen molar-refractivity contribution in [1.82, 2.24) is 0 Å². The van der Waals surface area contributed by atoms with Gasteiger partial charge in [0.25, 0.3) is 5.69 Å². The summed E-state index contributed by atoms with van der Waals surface area (Å²) in [6, 6.07) is 6.40. The second-order valence-corrected chi connectivity index (χ2v) is 7.60. The van der Waals surface area contributed by atoms with Crippen molar-refractivity contribution < 1.29 is 14.7 Å². The van der Waals surface area contributed by atoms with Crippen molar-refractivity contribution in [3.63, 3.8) is 0 Å². The number of hydrogen-bond acceptors (Lipinski definition) is 4. The maximum atomic E-state index is 10.7. The fraction of sp³-hybridized carbons (Fsp3) is 0.529. The summed E-state index contributed by atoms with van der Waals surface area (Å²) >= 11 is 0. The van der Waals surface area contributed by atoms with Crippen LogP contribution in [0.25, 0.3) is 0 Å². The van der Waals surface area contributed by atoms with E-state index in [2.05, 4.69) is 17.1 Å². The molecular weight excluding hydrogens is 306 g/mol. The van der Waals surface area contributed by atoms with Gasteiger partial charge in [-0.2, -0.15) is 10.2 Å². The van der Waals surface area contributed by atoms with Gasteiger partial charge < -0.3 is 9.80 Å². The average Bonchev–Trinajstić information content (AvgIpc) is 2.77. The van der Waals surface area contributed by atoms with Crippen LogP contribution in [0, 0.1) is 21.4 Å². The van der Waals surface area contributed by atoms with E-state index in [1.54, 1.807) is 28.1 Å². The van der Waals surface area contributed by atoms with E-state index in [1.165, 1.54) is 57.1 Å². The van der Waals surface area contributed by atoms with Gasteiger partial charge in [-0.1, -0.05) is 0 Å². The maximum absolute atomic E-state index is 10.7. The summed E-state index contributed by atoms with van der Waals surface area (Å²) in [5.41, 5.74) is 2.35. The number of nitrogens with zero attached hydrogens (tertiary/aromatic N) is 3. The van der Waals surface area contributed by atoms with E-state index in [9.17, 15) is 10.1 Å². The highest BCUT2D eigenvalue weighted by Gasteiger charge is 2.54. The molecule has 7 heteroatoms. The molecule has 2 atom stereocenters. The molecule has 2 N–H and O–H groups in total. The molecule has 0 saturated carbocycles. The molecule has 24 heavy (non-hydrogen) atoms. The van der Waals surface area contributed by atoms with Crippen molar-refractivity contribution in [3.8, 4) is 0 Å². The van der Waals surface area contributed by atoms with Crippen LogP contribution >= 0.6 is 0 Å². The van der Waals surface area contributed by atoms with E-state index in [1.807, 2.05) is 0 Å². The van der Waals surface area contributed by atoms with Gasteiger partial charge in [0, 0.05) is 12.1 Å². The van der Waals surface area contributed by atoms with Crippen molar-refractivity contribution >= 4 is 17.6 Å². The quantitative estimate of drug-likeness (QED) is 0.415. The van der Waals surface area contributed by atoms with Crippen LogP contribution in [0.4, 0.5) is 5.69 Å². The first-order chi connectivity index (χ1) is 11.5. The van der Waals surface area contributed by atoms with E-state index in [4.69, 9.17) is 0 Å². The first-order valence-corrected chi connectivity index (χ1v) is 8.56. The Balaban J connectivity index is 1.54. The Bertz CT molecular complexity index is 696. The predicted molar refractivity (Wildman–Crippen MR) is 90.8 cm³/mol. The number of benzene rings is 1. The zero-order valence-corrected chi connectivity index (χ0v) is 13.9. The first-order valence-electron chi connectivity index (χ1n) is 8.56. The van der Waals surface area contributed by atoms with Crippen molar-refractivity contribution in [2.75, 3.05) is 39.3 Å². The smallest absolute Gasteiger partial charge is 0.269 e. The molecule has 0 radical (unpaired) electrons. The Morgan fingerprint density at radius 3 is 2.38 bits per heavy atom. The molecule has 4 aliphatic rings. The van der Waals surface area contributed by atoms with Gasteiger partial charge in [-0.3, -0.25) is 10.1 Å². The van der Waals surface area contributed by atoms with Crippen molar-refractivity contribution in [1.29, 1.82) is 0 Å². The Morgan fingerprint density at radius 2 is 1.83 bits per heavy atom. The van der Waals surface area contributed by atoms with Crippen LogP contribution in [0.2, 0.25) is 0 Å². The van der Waals surface area contributed by atoms with Gasteiger partial charge in [-0.05, 0) is 24.6 Å². The zero-order valence-electron chi connectivity index (χ0n) is 13.9. The number of quaternary nitrogens is 2. The molecule has 4 bridgehead atoms. The van der Waals surface area contributed by atoms with Gasteiger partial charge >= 0.3 is 0 Å². The number of non-ortho nitro benzene ring substituents is 1. The van der Waals surface area contributed by atoms with Gasteiger partial charge in [0.15, 0.2) is 0 Å². The topological polar surface area (TPSA) is 76.7 Å². The molecule has 5 rings (SSSR count). The number of nitro groups is 1. The summed E-state index contributed by atoms with van der Waals surface area (Å²) < 4.78 is 0. The summed E-state index contributed by atoms with van der Waals surface area (Å²) in [7, 11) is 0. The number of rotatable bonds is 3. The van der Waals surface area contributed by atoms with E-state index in [-0.39, 0.29) is 11.1 Å². The SMILES string of the molecule is CC12C[NH+]3CC[NH+](CC(C3)/C1=N/N=C\c1ccc([N+](=O)[O-])cc1)C2. The highest BCUT2D eigenvalue weighted by molar-refractivity contribution is 5.94. The fourth-order valence-electron chi connectivity index (χ4n) is 4.72. The van der Waals surface area contributed by atoms with Gasteiger partial charge in [0.05, 0.1) is 48.9 Å². The lowest BCUT2D eigenvalue weighted by molar-refractivity contribution is -0.918.